The SMILES string of the molecule is [NH3+]CCC[C@@]([NH3+])(C(=O)[O-])C(F)F. The van der Waals surface area contributed by atoms with Crippen molar-refractivity contribution in [1.29, 1.82) is 0 Å². The summed E-state index contributed by atoms with van der Waals surface area (Å²) in [7, 11) is 0. The number of aliphatic carboxylic acids is 1. The first kappa shape index (κ1) is 11.2. The Kier molecular flexibility index (Phi) is 4.05. The highest BCUT2D eigenvalue weighted by molar-refractivity contribution is 5.74. The molecule has 0 spiro atoms. The van der Waals surface area contributed by atoms with Gasteiger partial charge in [-0.2, -0.15) is 0 Å². The summed E-state index contributed by atoms with van der Waals surface area (Å²) in [5.74, 6) is -1.80. The van der Waals surface area contributed by atoms with Crippen LogP contribution in [0.15, 0.2) is 0 Å². The van der Waals surface area contributed by atoms with Crippen molar-refractivity contribution in [2.75, 3.05) is 6.54 Å². The maximum atomic E-state index is 12.2. The summed E-state index contributed by atoms with van der Waals surface area (Å²) in [6, 6.07) is 0. The van der Waals surface area contributed by atoms with E-state index in [1.54, 1.807) is 0 Å². The molecule has 0 aromatic rings. The monoisotopic (exact) mass is 183 g/mol. The largest absolute Gasteiger partial charge is 0.544 e. The summed E-state index contributed by atoms with van der Waals surface area (Å²) < 4.78 is 24.3. The number of rotatable bonds is 5. The van der Waals surface area contributed by atoms with Crippen LogP contribution in [0.2, 0.25) is 0 Å². The third kappa shape index (κ3) is 2.38. The number of carboxylic acids is 1. The fourth-order valence-corrected chi connectivity index (χ4v) is 0.741. The van der Waals surface area contributed by atoms with E-state index >= 15 is 0 Å². The minimum Gasteiger partial charge on any atom is -0.544 e. The van der Waals surface area contributed by atoms with Gasteiger partial charge in [-0.05, 0) is 0 Å². The number of alkyl halides is 2. The fourth-order valence-electron chi connectivity index (χ4n) is 0.741. The standard InChI is InChI=1S/C6H12F2N2O2/c7-4(8)6(10,5(11)12)2-1-3-9/h4H,1-3,9-10H2,(H,11,12)/p+1/t6-/m0/s1. The zero-order valence-electron chi connectivity index (χ0n) is 6.69. The molecule has 0 heterocycles. The molecule has 6 heteroatoms. The van der Waals surface area contributed by atoms with Gasteiger partial charge in [-0.15, -0.1) is 0 Å². The van der Waals surface area contributed by atoms with Gasteiger partial charge in [0.25, 0.3) is 6.43 Å². The van der Waals surface area contributed by atoms with Crippen LogP contribution in [0.25, 0.3) is 0 Å². The highest BCUT2D eigenvalue weighted by Crippen LogP contribution is 2.15. The van der Waals surface area contributed by atoms with E-state index in [9.17, 15) is 18.7 Å². The molecular weight excluding hydrogens is 170 g/mol. The molecule has 0 saturated heterocycles. The highest BCUT2D eigenvalue weighted by atomic mass is 19.3. The predicted molar refractivity (Wildman–Crippen MR) is 33.6 cm³/mol. The Bertz CT molecular complexity index is 166. The quantitative estimate of drug-likeness (QED) is 0.475. The number of hydrogen-bond donors (Lipinski definition) is 2. The van der Waals surface area contributed by atoms with Gasteiger partial charge in [0.2, 0.25) is 0 Å². The molecule has 12 heavy (non-hydrogen) atoms. The topological polar surface area (TPSA) is 95.4 Å². The van der Waals surface area contributed by atoms with Crippen LogP contribution in [-0.4, -0.2) is 24.5 Å². The molecule has 6 N–H and O–H groups in total. The van der Waals surface area contributed by atoms with Crippen molar-refractivity contribution in [3.05, 3.63) is 0 Å². The molecule has 72 valence electrons. The fraction of sp³-hybridized carbons (Fsp3) is 0.833. The van der Waals surface area contributed by atoms with E-state index in [-0.39, 0.29) is 6.42 Å². The van der Waals surface area contributed by atoms with E-state index < -0.39 is 17.9 Å². The van der Waals surface area contributed by atoms with Gasteiger partial charge >= 0.3 is 0 Å². The molecular formula is C6H13F2N2O2+. The number of hydrogen-bond acceptors (Lipinski definition) is 2. The van der Waals surface area contributed by atoms with Crippen LogP contribution in [0.1, 0.15) is 12.8 Å². The molecule has 0 bridgehead atoms. The first-order chi connectivity index (χ1) is 5.45. The molecule has 0 aliphatic carbocycles. The van der Waals surface area contributed by atoms with Crippen LogP contribution in [0.5, 0.6) is 0 Å². The molecule has 0 aliphatic heterocycles. The van der Waals surface area contributed by atoms with E-state index in [2.05, 4.69) is 11.5 Å². The van der Waals surface area contributed by atoms with E-state index in [0.717, 1.165) is 0 Å². The Morgan fingerprint density at radius 2 is 2.08 bits per heavy atom. The average molecular weight is 183 g/mol. The zero-order chi connectivity index (χ0) is 9.78. The van der Waals surface area contributed by atoms with E-state index in [4.69, 9.17) is 0 Å². The van der Waals surface area contributed by atoms with E-state index in [1.807, 2.05) is 0 Å². The minimum atomic E-state index is -2.99. The molecule has 0 unspecified atom stereocenters. The molecule has 0 rings (SSSR count). The van der Waals surface area contributed by atoms with Crippen molar-refractivity contribution in [3.63, 3.8) is 0 Å². The zero-order valence-corrected chi connectivity index (χ0v) is 6.69. The van der Waals surface area contributed by atoms with Crippen LogP contribution >= 0.6 is 0 Å². The number of carbonyl (C=O) groups is 1. The van der Waals surface area contributed by atoms with Crippen molar-refractivity contribution < 1.29 is 30.1 Å². The molecule has 0 fully saturated rings. The molecule has 0 amide bonds. The maximum Gasteiger partial charge on any atom is 0.297 e. The van der Waals surface area contributed by atoms with Crippen molar-refractivity contribution >= 4 is 5.97 Å². The Labute approximate surface area is 68.5 Å². The lowest BCUT2D eigenvalue weighted by Crippen LogP contribution is -2.83. The summed E-state index contributed by atoms with van der Waals surface area (Å²) >= 11 is 0. The second-order valence-electron chi connectivity index (χ2n) is 2.70. The number of carbonyl (C=O) groups excluding carboxylic acids is 1. The lowest BCUT2D eigenvalue weighted by Gasteiger charge is -2.24. The van der Waals surface area contributed by atoms with Gasteiger partial charge in [0, 0.05) is 12.8 Å². The summed E-state index contributed by atoms with van der Waals surface area (Å²) in [4.78, 5) is 10.3. The van der Waals surface area contributed by atoms with Crippen molar-refractivity contribution in [2.45, 2.75) is 24.8 Å². The maximum absolute atomic E-state index is 12.2. The van der Waals surface area contributed by atoms with Crippen molar-refractivity contribution in [3.8, 4) is 0 Å². The summed E-state index contributed by atoms with van der Waals surface area (Å²) in [6.07, 6.45) is -2.88. The number of halogens is 2. The lowest BCUT2D eigenvalue weighted by molar-refractivity contribution is -0.509. The Hall–Kier alpha value is -0.750. The Morgan fingerprint density at radius 1 is 1.58 bits per heavy atom. The van der Waals surface area contributed by atoms with Gasteiger partial charge in [0.1, 0.15) is 5.97 Å². The number of quaternary nitrogens is 2. The van der Waals surface area contributed by atoms with Gasteiger partial charge in [-0.1, -0.05) is 0 Å². The van der Waals surface area contributed by atoms with Crippen LogP contribution in [0.3, 0.4) is 0 Å². The molecule has 0 aromatic heterocycles. The van der Waals surface area contributed by atoms with Crippen LogP contribution in [-0.2, 0) is 4.79 Å². The second-order valence-corrected chi connectivity index (χ2v) is 2.70. The Balaban J connectivity index is 4.29. The molecule has 0 aliphatic rings. The normalized spacial score (nSPS) is 16.1. The molecule has 4 nitrogen and oxygen atoms in total. The third-order valence-electron chi connectivity index (χ3n) is 1.70. The van der Waals surface area contributed by atoms with E-state index in [0.29, 0.717) is 13.0 Å². The summed E-state index contributed by atoms with van der Waals surface area (Å²) in [5.41, 5.74) is 4.12. The van der Waals surface area contributed by atoms with Crippen molar-refractivity contribution in [2.24, 2.45) is 0 Å². The van der Waals surface area contributed by atoms with Gasteiger partial charge in [0.05, 0.1) is 6.54 Å². The van der Waals surface area contributed by atoms with Crippen molar-refractivity contribution in [1.82, 2.24) is 0 Å². The third-order valence-corrected chi connectivity index (χ3v) is 1.70. The molecule has 0 saturated carbocycles. The first-order valence-electron chi connectivity index (χ1n) is 3.59. The highest BCUT2D eigenvalue weighted by Gasteiger charge is 2.41. The van der Waals surface area contributed by atoms with Gasteiger partial charge in [-0.25, -0.2) is 8.78 Å². The van der Waals surface area contributed by atoms with Crippen LogP contribution < -0.4 is 16.6 Å². The lowest BCUT2D eigenvalue weighted by atomic mass is 9.95. The predicted octanol–water partition coefficient (Wildman–Crippen LogP) is -3.00. The molecule has 0 aromatic carbocycles. The molecule has 1 atom stereocenters. The van der Waals surface area contributed by atoms with Gasteiger partial charge in [-0.3, -0.25) is 0 Å². The van der Waals surface area contributed by atoms with Gasteiger partial charge < -0.3 is 21.4 Å². The van der Waals surface area contributed by atoms with Gasteiger partial charge in [0.15, 0.2) is 5.54 Å². The van der Waals surface area contributed by atoms with Crippen LogP contribution in [0.4, 0.5) is 8.78 Å². The average Bonchev–Trinajstić information content (AvgIpc) is 1.99. The first-order valence-corrected chi connectivity index (χ1v) is 3.59. The van der Waals surface area contributed by atoms with Crippen LogP contribution in [0, 0.1) is 0 Å². The summed E-state index contributed by atoms with van der Waals surface area (Å²) in [6.45, 7) is 0.414. The second kappa shape index (κ2) is 4.32. The summed E-state index contributed by atoms with van der Waals surface area (Å²) in [5, 5.41) is 10.3. The Morgan fingerprint density at radius 3 is 2.33 bits per heavy atom. The number of carboxylic acid groups (broad SMARTS) is 1. The van der Waals surface area contributed by atoms with E-state index in [1.165, 1.54) is 0 Å². The smallest absolute Gasteiger partial charge is 0.297 e. The minimum absolute atomic E-state index is 0.198. The molecule has 0 radical (unpaired) electrons.